The molecule has 0 amide bonds. The minimum absolute atomic E-state index is 0.704. The van der Waals surface area contributed by atoms with E-state index in [1.807, 2.05) is 18.3 Å². The van der Waals surface area contributed by atoms with E-state index in [0.717, 1.165) is 30.3 Å². The number of nitrogens with one attached hydrogen (secondary N) is 2. The summed E-state index contributed by atoms with van der Waals surface area (Å²) in [5.41, 5.74) is 3.27. The molecule has 0 aliphatic carbocycles. The molecule has 2 heterocycles. The topological polar surface area (TPSA) is 53.7 Å². The zero-order valence-electron chi connectivity index (χ0n) is 12.8. The molecule has 0 unspecified atom stereocenters. The Hall–Kier alpha value is -2.30. The van der Waals surface area contributed by atoms with Crippen LogP contribution >= 0.6 is 0 Å². The van der Waals surface area contributed by atoms with E-state index in [-0.39, 0.29) is 0 Å². The summed E-state index contributed by atoms with van der Waals surface area (Å²) < 4.78 is 2.07. The first kappa shape index (κ1) is 15.1. The molecule has 2 aromatic rings. The number of pyridine rings is 1. The fraction of sp³-hybridized carbons (Fsp3) is 0.375. The average Bonchev–Trinajstić information content (AvgIpc) is 2.89. The Labute approximate surface area is 125 Å². The average molecular weight is 285 g/mol. The molecule has 21 heavy (non-hydrogen) atoms. The van der Waals surface area contributed by atoms with Crippen LogP contribution < -0.4 is 10.6 Å². The van der Waals surface area contributed by atoms with E-state index < -0.39 is 0 Å². The van der Waals surface area contributed by atoms with Crippen molar-refractivity contribution in [3.05, 3.63) is 48.4 Å². The fourth-order valence-corrected chi connectivity index (χ4v) is 2.12. The summed E-state index contributed by atoms with van der Waals surface area (Å²) in [5.74, 6) is 0.817. The number of hydrogen-bond acceptors (Lipinski definition) is 2. The SMILES string of the molecule is C=CCNC(=NCCc1cn2cccc(C)c2n1)NCC. The normalized spacial score (nSPS) is 11.6. The molecule has 0 saturated heterocycles. The summed E-state index contributed by atoms with van der Waals surface area (Å²) in [6.45, 7) is 10.1. The van der Waals surface area contributed by atoms with Crippen molar-refractivity contribution in [2.24, 2.45) is 4.99 Å². The zero-order valence-corrected chi connectivity index (χ0v) is 12.8. The Morgan fingerprint density at radius 2 is 2.33 bits per heavy atom. The van der Waals surface area contributed by atoms with Gasteiger partial charge in [-0.05, 0) is 25.5 Å². The Balaban J connectivity index is 1.99. The minimum atomic E-state index is 0.704. The van der Waals surface area contributed by atoms with Crippen LogP contribution in [0.1, 0.15) is 18.2 Å². The van der Waals surface area contributed by atoms with Crippen LogP contribution in [-0.2, 0) is 6.42 Å². The summed E-state index contributed by atoms with van der Waals surface area (Å²) in [4.78, 5) is 9.19. The van der Waals surface area contributed by atoms with Gasteiger partial charge in [-0.15, -0.1) is 6.58 Å². The van der Waals surface area contributed by atoms with Gasteiger partial charge in [0.15, 0.2) is 5.96 Å². The first-order valence-electron chi connectivity index (χ1n) is 7.31. The molecule has 0 fully saturated rings. The largest absolute Gasteiger partial charge is 0.357 e. The van der Waals surface area contributed by atoms with Crippen LogP contribution in [0.15, 0.2) is 42.2 Å². The quantitative estimate of drug-likeness (QED) is 0.484. The van der Waals surface area contributed by atoms with Gasteiger partial charge < -0.3 is 15.0 Å². The Bertz CT molecular complexity index is 627. The fourth-order valence-electron chi connectivity index (χ4n) is 2.12. The highest BCUT2D eigenvalue weighted by atomic mass is 15.2. The maximum atomic E-state index is 4.65. The molecule has 0 bridgehead atoms. The molecule has 5 nitrogen and oxygen atoms in total. The zero-order chi connectivity index (χ0) is 15.1. The standard InChI is InChI=1S/C16H23N5/c1-4-9-18-16(17-5-2)19-10-8-14-12-21-11-6-7-13(3)15(21)20-14/h4,6-7,11-12H,1,5,8-10H2,2-3H3,(H2,17,18,19). The molecular weight excluding hydrogens is 262 g/mol. The molecule has 0 radical (unpaired) electrons. The van der Waals surface area contributed by atoms with Crippen LogP contribution in [0, 0.1) is 6.92 Å². The molecule has 2 rings (SSSR count). The van der Waals surface area contributed by atoms with E-state index in [1.54, 1.807) is 0 Å². The van der Waals surface area contributed by atoms with Crippen molar-refractivity contribution >= 4 is 11.6 Å². The number of aliphatic imine (C=N–C) groups is 1. The van der Waals surface area contributed by atoms with Crippen LogP contribution in [0.3, 0.4) is 0 Å². The lowest BCUT2D eigenvalue weighted by Gasteiger charge is -2.08. The lowest BCUT2D eigenvalue weighted by atomic mass is 10.3. The molecule has 0 aromatic carbocycles. The van der Waals surface area contributed by atoms with Gasteiger partial charge in [-0.1, -0.05) is 12.1 Å². The van der Waals surface area contributed by atoms with Crippen molar-refractivity contribution in [3.8, 4) is 0 Å². The van der Waals surface area contributed by atoms with E-state index in [1.165, 1.54) is 5.56 Å². The first-order valence-corrected chi connectivity index (χ1v) is 7.31. The number of nitrogens with zero attached hydrogens (tertiary/aromatic N) is 3. The Morgan fingerprint density at radius 1 is 1.48 bits per heavy atom. The second-order valence-corrected chi connectivity index (χ2v) is 4.83. The predicted molar refractivity (Wildman–Crippen MR) is 87.8 cm³/mol. The molecule has 0 saturated carbocycles. The third-order valence-corrected chi connectivity index (χ3v) is 3.12. The summed E-state index contributed by atoms with van der Waals surface area (Å²) in [6.07, 6.45) is 6.74. The maximum Gasteiger partial charge on any atom is 0.191 e. The van der Waals surface area contributed by atoms with E-state index in [4.69, 9.17) is 0 Å². The summed E-state index contributed by atoms with van der Waals surface area (Å²) in [6, 6.07) is 4.11. The second kappa shape index (κ2) is 7.47. The summed E-state index contributed by atoms with van der Waals surface area (Å²) >= 11 is 0. The van der Waals surface area contributed by atoms with Gasteiger partial charge >= 0.3 is 0 Å². The van der Waals surface area contributed by atoms with Gasteiger partial charge in [-0.3, -0.25) is 4.99 Å². The Morgan fingerprint density at radius 3 is 3.05 bits per heavy atom. The predicted octanol–water partition coefficient (Wildman–Crippen LogP) is 1.93. The molecule has 5 heteroatoms. The molecule has 2 aromatic heterocycles. The number of aromatic nitrogens is 2. The highest BCUT2D eigenvalue weighted by Crippen LogP contribution is 2.10. The Kier molecular flexibility index (Phi) is 5.37. The lowest BCUT2D eigenvalue weighted by molar-refractivity contribution is 0.846. The van der Waals surface area contributed by atoms with Crippen LogP contribution in [0.5, 0.6) is 0 Å². The maximum absolute atomic E-state index is 4.65. The van der Waals surface area contributed by atoms with E-state index in [0.29, 0.717) is 13.1 Å². The van der Waals surface area contributed by atoms with Gasteiger partial charge in [0.2, 0.25) is 0 Å². The third kappa shape index (κ3) is 4.08. The lowest BCUT2D eigenvalue weighted by Crippen LogP contribution is -2.37. The van der Waals surface area contributed by atoms with Gasteiger partial charge in [0.25, 0.3) is 0 Å². The number of rotatable bonds is 6. The number of hydrogen-bond donors (Lipinski definition) is 2. The highest BCUT2D eigenvalue weighted by molar-refractivity contribution is 5.79. The smallest absolute Gasteiger partial charge is 0.191 e. The molecule has 2 N–H and O–H groups in total. The minimum Gasteiger partial charge on any atom is -0.357 e. The summed E-state index contributed by atoms with van der Waals surface area (Å²) in [5, 5.41) is 6.39. The molecule has 112 valence electrons. The van der Waals surface area contributed by atoms with Gasteiger partial charge in [0, 0.05) is 38.4 Å². The number of imidazole rings is 1. The molecule has 0 aliphatic heterocycles. The van der Waals surface area contributed by atoms with Crippen molar-refractivity contribution in [3.63, 3.8) is 0 Å². The monoisotopic (exact) mass is 285 g/mol. The van der Waals surface area contributed by atoms with Crippen molar-refractivity contribution in [1.29, 1.82) is 0 Å². The van der Waals surface area contributed by atoms with Crippen LogP contribution in [0.25, 0.3) is 5.65 Å². The number of aryl methyl sites for hydroxylation is 1. The van der Waals surface area contributed by atoms with Crippen LogP contribution in [-0.4, -0.2) is 35.0 Å². The molecule has 0 spiro atoms. The highest BCUT2D eigenvalue weighted by Gasteiger charge is 2.03. The third-order valence-electron chi connectivity index (χ3n) is 3.12. The van der Waals surface area contributed by atoms with Crippen molar-refractivity contribution < 1.29 is 0 Å². The summed E-state index contributed by atoms with van der Waals surface area (Å²) in [7, 11) is 0. The molecule has 0 aliphatic rings. The first-order chi connectivity index (χ1) is 10.2. The van der Waals surface area contributed by atoms with E-state index >= 15 is 0 Å². The van der Waals surface area contributed by atoms with Gasteiger partial charge in [-0.25, -0.2) is 4.98 Å². The second-order valence-electron chi connectivity index (χ2n) is 4.83. The van der Waals surface area contributed by atoms with Gasteiger partial charge in [0.05, 0.1) is 5.69 Å². The number of fused-ring (bicyclic) bond motifs is 1. The van der Waals surface area contributed by atoms with E-state index in [2.05, 4.69) is 57.7 Å². The molecular formula is C16H23N5. The van der Waals surface area contributed by atoms with Gasteiger partial charge in [0.1, 0.15) is 5.65 Å². The van der Waals surface area contributed by atoms with Crippen molar-refractivity contribution in [2.75, 3.05) is 19.6 Å². The molecule has 0 atom stereocenters. The van der Waals surface area contributed by atoms with Crippen LogP contribution in [0.2, 0.25) is 0 Å². The number of guanidine groups is 1. The van der Waals surface area contributed by atoms with E-state index in [9.17, 15) is 0 Å². The van der Waals surface area contributed by atoms with Crippen molar-refractivity contribution in [1.82, 2.24) is 20.0 Å². The van der Waals surface area contributed by atoms with Gasteiger partial charge in [-0.2, -0.15) is 0 Å². The van der Waals surface area contributed by atoms with Crippen LogP contribution in [0.4, 0.5) is 0 Å². The van der Waals surface area contributed by atoms with Crippen molar-refractivity contribution in [2.45, 2.75) is 20.3 Å².